The van der Waals surface area contributed by atoms with Crippen molar-refractivity contribution < 1.29 is 0 Å². The molecule has 0 aliphatic heterocycles. The molecule has 9 aromatic carbocycles. The summed E-state index contributed by atoms with van der Waals surface area (Å²) in [7, 11) is 0. The van der Waals surface area contributed by atoms with Gasteiger partial charge in [0.1, 0.15) is 0 Å². The first-order valence-electron chi connectivity index (χ1n) is 20.4. The molecular formula is C57H40N2. The molecule has 2 nitrogen and oxygen atoms in total. The SMILES string of the molecule is CC1(C)c2cccc(-c3ccc(-c4nc(-c5ccc(-c6ccccc6)cc5)cc(-c5ccccc5-c5ccccc5)n4)c4ccccc34)c2-c2ccc3ccccc3c21. The van der Waals surface area contributed by atoms with Gasteiger partial charge in [-0.25, -0.2) is 9.97 Å². The predicted octanol–water partition coefficient (Wildman–Crippen LogP) is 15.1. The van der Waals surface area contributed by atoms with E-state index in [2.05, 4.69) is 220 Å². The van der Waals surface area contributed by atoms with Gasteiger partial charge in [0.15, 0.2) is 5.82 Å². The van der Waals surface area contributed by atoms with Crippen molar-refractivity contribution in [1.82, 2.24) is 9.97 Å². The van der Waals surface area contributed by atoms with Crippen LogP contribution >= 0.6 is 0 Å². The second-order valence-electron chi connectivity index (χ2n) is 16.1. The van der Waals surface area contributed by atoms with E-state index in [1.807, 2.05) is 0 Å². The van der Waals surface area contributed by atoms with E-state index in [0.29, 0.717) is 5.82 Å². The van der Waals surface area contributed by atoms with Crippen LogP contribution in [0.2, 0.25) is 0 Å². The Balaban J connectivity index is 1.11. The molecule has 1 aromatic heterocycles. The van der Waals surface area contributed by atoms with E-state index in [4.69, 9.17) is 9.97 Å². The van der Waals surface area contributed by atoms with E-state index in [9.17, 15) is 0 Å². The van der Waals surface area contributed by atoms with E-state index in [-0.39, 0.29) is 5.41 Å². The average molecular weight is 753 g/mol. The molecule has 0 unspecified atom stereocenters. The van der Waals surface area contributed by atoms with Crippen LogP contribution in [0.4, 0.5) is 0 Å². The molecule has 11 rings (SSSR count). The average Bonchev–Trinajstić information content (AvgIpc) is 3.55. The monoisotopic (exact) mass is 752 g/mol. The quantitative estimate of drug-likeness (QED) is 0.169. The van der Waals surface area contributed by atoms with Gasteiger partial charge < -0.3 is 0 Å². The Morgan fingerprint density at radius 2 is 0.881 bits per heavy atom. The van der Waals surface area contributed by atoms with Crippen LogP contribution in [0.5, 0.6) is 0 Å². The molecule has 0 saturated carbocycles. The lowest BCUT2D eigenvalue weighted by Crippen LogP contribution is -2.15. The molecule has 0 saturated heterocycles. The Bertz CT molecular complexity index is 3220. The highest BCUT2D eigenvalue weighted by Crippen LogP contribution is 2.55. The van der Waals surface area contributed by atoms with Crippen molar-refractivity contribution in [2.45, 2.75) is 19.3 Å². The molecule has 1 heterocycles. The molecule has 10 aromatic rings. The number of benzene rings is 9. The summed E-state index contributed by atoms with van der Waals surface area (Å²) in [5, 5.41) is 4.91. The second-order valence-corrected chi connectivity index (χ2v) is 16.1. The molecule has 0 spiro atoms. The van der Waals surface area contributed by atoms with Gasteiger partial charge in [0, 0.05) is 22.1 Å². The second kappa shape index (κ2) is 13.9. The fourth-order valence-corrected chi connectivity index (χ4v) is 9.50. The van der Waals surface area contributed by atoms with Gasteiger partial charge in [-0.15, -0.1) is 0 Å². The number of fused-ring (bicyclic) bond motifs is 6. The maximum atomic E-state index is 5.43. The van der Waals surface area contributed by atoms with Gasteiger partial charge in [0.25, 0.3) is 0 Å². The summed E-state index contributed by atoms with van der Waals surface area (Å²) in [6.45, 7) is 4.75. The molecule has 278 valence electrons. The summed E-state index contributed by atoms with van der Waals surface area (Å²) in [6, 6.07) is 74.1. The first-order valence-corrected chi connectivity index (χ1v) is 20.4. The third-order valence-electron chi connectivity index (χ3n) is 12.3. The van der Waals surface area contributed by atoms with Crippen LogP contribution in [0.1, 0.15) is 25.0 Å². The van der Waals surface area contributed by atoms with Gasteiger partial charge in [-0.3, -0.25) is 0 Å². The standard InChI is InChI=1S/C57H40N2/c1-57(2)51-27-15-26-48(54(51)50-33-32-40-20-9-10-22-43(40)55(50)57)46-34-35-49(45-24-13-12-23-44(45)46)56-58-52(41-30-28-38(29-31-41)37-16-5-3-6-17-37)36-53(59-56)47-25-14-11-21-42(47)39-18-7-4-8-19-39/h3-36H,1-2H3. The van der Waals surface area contributed by atoms with Crippen LogP contribution in [0, 0.1) is 0 Å². The smallest absolute Gasteiger partial charge is 0.161 e. The lowest BCUT2D eigenvalue weighted by molar-refractivity contribution is 0.666. The highest BCUT2D eigenvalue weighted by atomic mass is 14.9. The first kappa shape index (κ1) is 34.8. The zero-order valence-electron chi connectivity index (χ0n) is 33.0. The highest BCUT2D eigenvalue weighted by molar-refractivity contribution is 6.09. The molecule has 0 N–H and O–H groups in total. The normalized spacial score (nSPS) is 12.7. The zero-order chi connectivity index (χ0) is 39.5. The summed E-state index contributed by atoms with van der Waals surface area (Å²) in [5.74, 6) is 0.700. The lowest BCUT2D eigenvalue weighted by atomic mass is 9.80. The topological polar surface area (TPSA) is 25.8 Å². The molecular weight excluding hydrogens is 713 g/mol. The van der Waals surface area contributed by atoms with Crippen molar-refractivity contribution in [3.63, 3.8) is 0 Å². The Labute approximate surface area is 345 Å². The minimum Gasteiger partial charge on any atom is -0.228 e. The maximum absolute atomic E-state index is 5.43. The van der Waals surface area contributed by atoms with Crippen LogP contribution in [0.15, 0.2) is 206 Å². The summed E-state index contributed by atoms with van der Waals surface area (Å²) >= 11 is 0. The molecule has 1 aliphatic carbocycles. The summed E-state index contributed by atoms with van der Waals surface area (Å²) in [4.78, 5) is 10.8. The number of hydrogen-bond donors (Lipinski definition) is 0. The van der Waals surface area contributed by atoms with Crippen molar-refractivity contribution in [3.8, 4) is 78.4 Å². The van der Waals surface area contributed by atoms with Crippen molar-refractivity contribution in [1.29, 1.82) is 0 Å². The molecule has 0 amide bonds. The van der Waals surface area contributed by atoms with Gasteiger partial charge in [-0.1, -0.05) is 208 Å². The summed E-state index contributed by atoms with van der Waals surface area (Å²) in [5.41, 5.74) is 17.3. The molecule has 0 fully saturated rings. The third kappa shape index (κ3) is 5.79. The van der Waals surface area contributed by atoms with E-state index < -0.39 is 0 Å². The zero-order valence-corrected chi connectivity index (χ0v) is 33.0. The Hall–Kier alpha value is -7.42. The van der Waals surface area contributed by atoms with Crippen LogP contribution in [-0.2, 0) is 5.41 Å². The van der Waals surface area contributed by atoms with Gasteiger partial charge in [0.2, 0.25) is 0 Å². The number of aromatic nitrogens is 2. The van der Waals surface area contributed by atoms with Gasteiger partial charge in [0.05, 0.1) is 11.4 Å². The first-order chi connectivity index (χ1) is 29.0. The molecule has 1 aliphatic rings. The van der Waals surface area contributed by atoms with E-state index in [0.717, 1.165) is 44.6 Å². The number of rotatable bonds is 6. The van der Waals surface area contributed by atoms with Crippen molar-refractivity contribution in [2.24, 2.45) is 0 Å². The van der Waals surface area contributed by atoms with Gasteiger partial charge in [-0.2, -0.15) is 0 Å². The van der Waals surface area contributed by atoms with Gasteiger partial charge in [-0.05, 0) is 89.3 Å². The Kier molecular flexibility index (Phi) is 8.20. The highest BCUT2D eigenvalue weighted by Gasteiger charge is 2.38. The van der Waals surface area contributed by atoms with E-state index in [1.165, 1.54) is 60.7 Å². The minimum absolute atomic E-state index is 0.142. The van der Waals surface area contributed by atoms with Crippen molar-refractivity contribution >= 4 is 21.5 Å². The molecule has 0 radical (unpaired) electrons. The number of hydrogen-bond acceptors (Lipinski definition) is 2. The Morgan fingerprint density at radius 1 is 0.339 bits per heavy atom. The minimum atomic E-state index is -0.142. The van der Waals surface area contributed by atoms with Gasteiger partial charge >= 0.3 is 0 Å². The molecule has 0 bridgehead atoms. The predicted molar refractivity (Wildman–Crippen MR) is 247 cm³/mol. The fraction of sp³-hybridized carbons (Fsp3) is 0.0526. The lowest BCUT2D eigenvalue weighted by Gasteiger charge is -2.23. The van der Waals surface area contributed by atoms with Crippen molar-refractivity contribution in [2.75, 3.05) is 0 Å². The van der Waals surface area contributed by atoms with Crippen LogP contribution < -0.4 is 0 Å². The fourth-order valence-electron chi connectivity index (χ4n) is 9.50. The Morgan fingerprint density at radius 3 is 1.64 bits per heavy atom. The van der Waals surface area contributed by atoms with E-state index >= 15 is 0 Å². The van der Waals surface area contributed by atoms with Crippen LogP contribution in [0.25, 0.3) is 100.0 Å². The van der Waals surface area contributed by atoms with Crippen LogP contribution in [0.3, 0.4) is 0 Å². The van der Waals surface area contributed by atoms with Crippen molar-refractivity contribution in [3.05, 3.63) is 217 Å². The van der Waals surface area contributed by atoms with Crippen LogP contribution in [-0.4, -0.2) is 9.97 Å². The molecule has 0 atom stereocenters. The number of nitrogens with zero attached hydrogens (tertiary/aromatic N) is 2. The van der Waals surface area contributed by atoms with E-state index in [1.54, 1.807) is 0 Å². The summed E-state index contributed by atoms with van der Waals surface area (Å²) in [6.07, 6.45) is 0. The molecule has 59 heavy (non-hydrogen) atoms. The molecule has 2 heteroatoms. The summed E-state index contributed by atoms with van der Waals surface area (Å²) < 4.78 is 0. The maximum Gasteiger partial charge on any atom is 0.161 e. The largest absolute Gasteiger partial charge is 0.228 e. The third-order valence-corrected chi connectivity index (χ3v) is 12.3.